The van der Waals surface area contributed by atoms with Crippen molar-refractivity contribution < 1.29 is 13.2 Å². The molecule has 0 unspecified atom stereocenters. The lowest BCUT2D eigenvalue weighted by molar-refractivity contribution is -0.137. The summed E-state index contributed by atoms with van der Waals surface area (Å²) < 4.78 is 39.4. The van der Waals surface area contributed by atoms with Crippen LogP contribution in [0.2, 0.25) is 10.3 Å². The molecule has 0 saturated heterocycles. The number of hydrogen-bond acceptors (Lipinski definition) is 6. The lowest BCUT2D eigenvalue weighted by Crippen LogP contribution is -2.09. The number of hydrogen-bond donors (Lipinski definition) is 2. The number of nitrogens with two attached hydrogens (primary N) is 1. The molecule has 186 valence electrons. The summed E-state index contributed by atoms with van der Waals surface area (Å²) in [6, 6.07) is 9.77. The summed E-state index contributed by atoms with van der Waals surface area (Å²) in [5, 5.41) is 3.15. The smallest absolute Gasteiger partial charge is 0.397 e. The van der Waals surface area contributed by atoms with Gasteiger partial charge >= 0.3 is 6.18 Å². The van der Waals surface area contributed by atoms with Crippen molar-refractivity contribution in [2.45, 2.75) is 20.5 Å². The summed E-state index contributed by atoms with van der Waals surface area (Å²) in [6.45, 7) is 2.01. The van der Waals surface area contributed by atoms with E-state index in [1.807, 2.05) is 13.0 Å². The summed E-state index contributed by atoms with van der Waals surface area (Å²) in [6.07, 6.45) is 4.20. The molecule has 0 aliphatic rings. The fraction of sp³-hybridized carbons (Fsp3) is 0.130. The zero-order chi connectivity index (χ0) is 25.1. The SMILES string of the molecule is C.Cc1cnc(Cl)cc1I.FC(F)(F)c1cnc(Cl)cc1Nc1cccnc1.Nc1cccnc1. The Balaban J connectivity index is 0.000000300. The van der Waals surface area contributed by atoms with E-state index >= 15 is 0 Å². The molecule has 0 radical (unpaired) electrons. The zero-order valence-electron chi connectivity index (χ0n) is 17.6. The van der Waals surface area contributed by atoms with Gasteiger partial charge in [-0.05, 0) is 71.5 Å². The van der Waals surface area contributed by atoms with E-state index in [-0.39, 0.29) is 18.3 Å². The van der Waals surface area contributed by atoms with Crippen LogP contribution in [0.25, 0.3) is 0 Å². The number of anilines is 3. The van der Waals surface area contributed by atoms with Crippen LogP contribution in [-0.4, -0.2) is 19.9 Å². The van der Waals surface area contributed by atoms with Crippen molar-refractivity contribution in [2.75, 3.05) is 11.1 Å². The predicted octanol–water partition coefficient (Wildman–Crippen LogP) is 7.84. The van der Waals surface area contributed by atoms with Crippen molar-refractivity contribution in [1.82, 2.24) is 19.9 Å². The molecule has 0 fully saturated rings. The number of nitrogen functional groups attached to an aromatic ring is 1. The molecule has 6 nitrogen and oxygen atoms in total. The second kappa shape index (κ2) is 14.6. The van der Waals surface area contributed by atoms with Crippen LogP contribution >= 0.6 is 45.8 Å². The number of aromatic nitrogens is 4. The van der Waals surface area contributed by atoms with Crippen LogP contribution < -0.4 is 11.1 Å². The first-order valence-corrected chi connectivity index (χ1v) is 11.2. The normalized spacial score (nSPS) is 10.0. The molecule has 0 atom stereocenters. The molecule has 3 N–H and O–H groups in total. The fourth-order valence-electron chi connectivity index (χ4n) is 2.20. The minimum Gasteiger partial charge on any atom is -0.397 e. The minimum absolute atomic E-state index is 0. The highest BCUT2D eigenvalue weighted by Crippen LogP contribution is 2.36. The molecule has 0 saturated carbocycles. The van der Waals surface area contributed by atoms with Gasteiger partial charge in [0.25, 0.3) is 0 Å². The molecule has 4 rings (SSSR count). The number of rotatable bonds is 2. The van der Waals surface area contributed by atoms with Gasteiger partial charge in [0, 0.05) is 34.6 Å². The van der Waals surface area contributed by atoms with E-state index in [0.29, 0.717) is 22.7 Å². The number of aryl methyl sites for hydroxylation is 1. The van der Waals surface area contributed by atoms with E-state index in [2.05, 4.69) is 47.8 Å². The maximum absolute atomic E-state index is 12.7. The van der Waals surface area contributed by atoms with Gasteiger partial charge in [0.15, 0.2) is 0 Å². The Morgan fingerprint density at radius 2 is 1.51 bits per heavy atom. The van der Waals surface area contributed by atoms with E-state index < -0.39 is 11.7 Å². The van der Waals surface area contributed by atoms with Gasteiger partial charge in [0.1, 0.15) is 10.3 Å². The average molecular weight is 637 g/mol. The second-order valence-corrected chi connectivity index (χ2v) is 8.40. The van der Waals surface area contributed by atoms with E-state index in [0.717, 1.165) is 9.64 Å². The molecule has 0 spiro atoms. The first-order chi connectivity index (χ1) is 16.1. The molecular formula is C23H22Cl2F3IN6. The van der Waals surface area contributed by atoms with Crippen molar-refractivity contribution in [1.29, 1.82) is 0 Å². The van der Waals surface area contributed by atoms with Crippen molar-refractivity contribution in [3.05, 3.63) is 98.6 Å². The summed E-state index contributed by atoms with van der Waals surface area (Å²) in [4.78, 5) is 14.9. The number of pyridine rings is 4. The Bertz CT molecular complexity index is 1180. The summed E-state index contributed by atoms with van der Waals surface area (Å²) in [5.74, 6) is 0. The van der Waals surface area contributed by atoms with Crippen LogP contribution in [0, 0.1) is 10.5 Å². The Morgan fingerprint density at radius 1 is 0.914 bits per heavy atom. The van der Waals surface area contributed by atoms with Gasteiger partial charge < -0.3 is 11.1 Å². The van der Waals surface area contributed by atoms with E-state index in [1.165, 1.54) is 18.0 Å². The van der Waals surface area contributed by atoms with Crippen molar-refractivity contribution in [3.63, 3.8) is 0 Å². The number of nitrogens with zero attached hydrogens (tertiary/aromatic N) is 4. The standard InChI is InChI=1S/C11H7ClF3N3.C6H5ClIN.C5H6N2.CH4/c12-10-4-9(8(6-17-10)11(13,14)15)18-7-2-1-3-16-5-7;1-4-3-9-6(7)2-5(4)8;6-5-2-1-3-7-4-5;/h1-6H,(H,17,18);2-3H,1H3;1-4H,6H2;1H4. The highest BCUT2D eigenvalue weighted by molar-refractivity contribution is 14.1. The third kappa shape index (κ3) is 11.1. The summed E-state index contributed by atoms with van der Waals surface area (Å²) in [7, 11) is 0. The van der Waals surface area contributed by atoms with Gasteiger partial charge in [-0.3, -0.25) is 9.97 Å². The molecule has 35 heavy (non-hydrogen) atoms. The van der Waals surface area contributed by atoms with Crippen LogP contribution in [0.1, 0.15) is 18.6 Å². The lowest BCUT2D eigenvalue weighted by Gasteiger charge is -2.14. The van der Waals surface area contributed by atoms with Gasteiger partial charge in [0.05, 0.1) is 28.8 Å². The number of nitrogens with one attached hydrogen (secondary N) is 1. The number of halogens is 6. The van der Waals surface area contributed by atoms with Gasteiger partial charge in [-0.1, -0.05) is 30.6 Å². The summed E-state index contributed by atoms with van der Waals surface area (Å²) in [5.41, 5.74) is 6.57. The summed E-state index contributed by atoms with van der Waals surface area (Å²) >= 11 is 13.4. The Kier molecular flexibility index (Phi) is 12.7. The fourth-order valence-corrected chi connectivity index (χ4v) is 3.14. The molecule has 0 amide bonds. The molecule has 0 bridgehead atoms. The monoisotopic (exact) mass is 636 g/mol. The first-order valence-electron chi connectivity index (χ1n) is 9.39. The molecule has 4 heterocycles. The molecule has 0 aliphatic carbocycles. The largest absolute Gasteiger partial charge is 0.419 e. The van der Waals surface area contributed by atoms with Gasteiger partial charge in [-0.25, -0.2) is 9.97 Å². The van der Waals surface area contributed by atoms with E-state index in [4.69, 9.17) is 28.9 Å². The Hall–Kier alpha value is -2.70. The van der Waals surface area contributed by atoms with Gasteiger partial charge in [-0.2, -0.15) is 13.2 Å². The molecule has 12 heteroatoms. The lowest BCUT2D eigenvalue weighted by atomic mass is 10.2. The van der Waals surface area contributed by atoms with Crippen LogP contribution in [-0.2, 0) is 6.18 Å². The van der Waals surface area contributed by atoms with Crippen LogP contribution in [0.3, 0.4) is 0 Å². The van der Waals surface area contributed by atoms with Crippen molar-refractivity contribution in [2.24, 2.45) is 0 Å². The third-order valence-electron chi connectivity index (χ3n) is 3.81. The topological polar surface area (TPSA) is 89.6 Å². The van der Waals surface area contributed by atoms with Gasteiger partial charge in [-0.15, -0.1) is 0 Å². The minimum atomic E-state index is -4.50. The second-order valence-electron chi connectivity index (χ2n) is 6.46. The van der Waals surface area contributed by atoms with Crippen molar-refractivity contribution in [3.8, 4) is 0 Å². The third-order valence-corrected chi connectivity index (χ3v) is 5.38. The van der Waals surface area contributed by atoms with Crippen LogP contribution in [0.5, 0.6) is 0 Å². The highest BCUT2D eigenvalue weighted by atomic mass is 127. The molecule has 0 aromatic carbocycles. The van der Waals surface area contributed by atoms with Crippen LogP contribution in [0.15, 0.2) is 73.6 Å². The molecule has 0 aliphatic heterocycles. The zero-order valence-corrected chi connectivity index (χ0v) is 21.2. The Labute approximate surface area is 225 Å². The Morgan fingerprint density at radius 3 is 1.97 bits per heavy atom. The van der Waals surface area contributed by atoms with Crippen molar-refractivity contribution >= 4 is 62.9 Å². The highest BCUT2D eigenvalue weighted by Gasteiger charge is 2.34. The van der Waals surface area contributed by atoms with E-state index in [9.17, 15) is 13.2 Å². The molecule has 4 aromatic heterocycles. The van der Waals surface area contributed by atoms with Gasteiger partial charge in [0.2, 0.25) is 0 Å². The first kappa shape index (κ1) is 30.3. The predicted molar refractivity (Wildman–Crippen MR) is 144 cm³/mol. The molecule has 4 aromatic rings. The quantitative estimate of drug-likeness (QED) is 0.172. The molecular weight excluding hydrogens is 615 g/mol. The average Bonchev–Trinajstić information content (AvgIpc) is 2.78. The van der Waals surface area contributed by atoms with Crippen LogP contribution in [0.4, 0.5) is 30.2 Å². The maximum Gasteiger partial charge on any atom is 0.419 e. The van der Waals surface area contributed by atoms with E-state index in [1.54, 1.807) is 42.9 Å². The number of alkyl halides is 3. The maximum atomic E-state index is 12.7.